The molecule has 0 fully saturated rings. The fraction of sp³-hybridized carbons (Fsp3) is 0.250. The number of rotatable bonds is 7. The Bertz CT molecular complexity index is 976. The first-order valence-electron chi connectivity index (χ1n) is 8.70. The normalized spacial score (nSPS) is 10.7. The Morgan fingerprint density at radius 1 is 1.21 bits per heavy atom. The van der Waals surface area contributed by atoms with Crippen LogP contribution < -0.4 is 5.32 Å². The molecule has 0 bridgehead atoms. The number of anilines is 2. The average molecular weight is 417 g/mol. The van der Waals surface area contributed by atoms with Gasteiger partial charge in [-0.05, 0) is 31.5 Å². The molecule has 5 nitrogen and oxygen atoms in total. The number of amides is 1. The van der Waals surface area contributed by atoms with Crippen LogP contribution in [0, 0.1) is 19.7 Å². The predicted octanol–water partition coefficient (Wildman–Crippen LogP) is 4.79. The number of benzene rings is 2. The van der Waals surface area contributed by atoms with Gasteiger partial charge < -0.3 is 10.2 Å². The van der Waals surface area contributed by atoms with Crippen LogP contribution in [0.25, 0.3) is 0 Å². The quantitative estimate of drug-likeness (QED) is 0.561. The Morgan fingerprint density at radius 2 is 2.00 bits per heavy atom. The lowest BCUT2D eigenvalue weighted by Crippen LogP contribution is -2.28. The molecular weight excluding hydrogens is 395 g/mol. The van der Waals surface area contributed by atoms with Crippen molar-refractivity contribution in [2.45, 2.75) is 24.7 Å². The monoisotopic (exact) mass is 416 g/mol. The van der Waals surface area contributed by atoms with Gasteiger partial charge in [-0.3, -0.25) is 4.79 Å². The summed E-state index contributed by atoms with van der Waals surface area (Å²) in [5.74, 6) is -0.170. The van der Waals surface area contributed by atoms with E-state index in [0.717, 1.165) is 11.3 Å². The van der Waals surface area contributed by atoms with Gasteiger partial charge in [0, 0.05) is 24.8 Å². The van der Waals surface area contributed by atoms with Gasteiger partial charge in [0.2, 0.25) is 11.0 Å². The van der Waals surface area contributed by atoms with Crippen LogP contribution in [0.1, 0.15) is 16.7 Å². The summed E-state index contributed by atoms with van der Waals surface area (Å²) in [6.07, 6.45) is 0. The molecule has 1 amide bonds. The minimum atomic E-state index is -0.305. The molecule has 2 aromatic carbocycles. The van der Waals surface area contributed by atoms with Crippen molar-refractivity contribution >= 4 is 39.8 Å². The summed E-state index contributed by atoms with van der Waals surface area (Å²) in [7, 11) is 1.67. The maximum absolute atomic E-state index is 13.7. The Morgan fingerprint density at radius 3 is 2.75 bits per heavy atom. The molecule has 3 aromatic rings. The van der Waals surface area contributed by atoms with Crippen molar-refractivity contribution in [1.29, 1.82) is 0 Å². The first-order valence-corrected chi connectivity index (χ1v) is 10.5. The maximum Gasteiger partial charge on any atom is 0.233 e. The standard InChI is InChI=1S/C20H21FN4OS2/c1-13-8-9-17(14(2)10-13)22-19-23-24-20(28-19)27-12-18(26)25(3)11-15-6-4-5-7-16(15)21/h4-10H,11-12H2,1-3H3,(H,22,23). The molecule has 0 radical (unpaired) electrons. The predicted molar refractivity (Wildman–Crippen MR) is 113 cm³/mol. The van der Waals surface area contributed by atoms with Gasteiger partial charge in [0.1, 0.15) is 5.82 Å². The minimum Gasteiger partial charge on any atom is -0.341 e. The van der Waals surface area contributed by atoms with Crippen molar-refractivity contribution in [3.05, 3.63) is 65.0 Å². The SMILES string of the molecule is Cc1ccc(Nc2nnc(SCC(=O)N(C)Cc3ccccc3F)s2)c(C)c1. The molecular formula is C20H21FN4OS2. The van der Waals surface area contributed by atoms with Gasteiger partial charge in [-0.15, -0.1) is 10.2 Å². The van der Waals surface area contributed by atoms with E-state index < -0.39 is 0 Å². The number of aryl methyl sites for hydroxylation is 2. The third kappa shape index (κ3) is 5.30. The van der Waals surface area contributed by atoms with Crippen LogP contribution in [0.2, 0.25) is 0 Å². The van der Waals surface area contributed by atoms with Gasteiger partial charge in [0.05, 0.1) is 5.75 Å². The van der Waals surface area contributed by atoms with Crippen LogP contribution in [-0.2, 0) is 11.3 Å². The van der Waals surface area contributed by atoms with Gasteiger partial charge in [-0.25, -0.2) is 4.39 Å². The molecule has 3 rings (SSSR count). The molecule has 0 spiro atoms. The van der Waals surface area contributed by atoms with Gasteiger partial charge in [0.25, 0.3) is 0 Å². The number of aromatic nitrogens is 2. The lowest BCUT2D eigenvalue weighted by molar-refractivity contribution is -0.127. The van der Waals surface area contributed by atoms with Crippen molar-refractivity contribution in [1.82, 2.24) is 15.1 Å². The highest BCUT2D eigenvalue weighted by Gasteiger charge is 2.14. The highest BCUT2D eigenvalue weighted by atomic mass is 32.2. The largest absolute Gasteiger partial charge is 0.341 e. The van der Waals surface area contributed by atoms with E-state index in [1.54, 1.807) is 25.2 Å². The number of nitrogens with one attached hydrogen (secondary N) is 1. The number of carbonyl (C=O) groups excluding carboxylic acids is 1. The molecule has 1 heterocycles. The Labute approximate surface area is 172 Å². The number of carbonyl (C=O) groups is 1. The molecule has 146 valence electrons. The van der Waals surface area contributed by atoms with Crippen LogP contribution in [0.3, 0.4) is 0 Å². The minimum absolute atomic E-state index is 0.0904. The van der Waals surface area contributed by atoms with E-state index in [4.69, 9.17) is 0 Å². The third-order valence-electron chi connectivity index (χ3n) is 4.14. The smallest absolute Gasteiger partial charge is 0.233 e. The van der Waals surface area contributed by atoms with Crippen molar-refractivity contribution < 1.29 is 9.18 Å². The van der Waals surface area contributed by atoms with E-state index in [1.807, 2.05) is 19.1 Å². The Hall–Kier alpha value is -2.45. The molecule has 0 aliphatic carbocycles. The molecule has 1 N–H and O–H groups in total. The second-order valence-corrected chi connectivity index (χ2v) is 8.65. The van der Waals surface area contributed by atoms with E-state index in [-0.39, 0.29) is 24.0 Å². The highest BCUT2D eigenvalue weighted by Crippen LogP contribution is 2.29. The van der Waals surface area contributed by atoms with Crippen molar-refractivity contribution in [3.63, 3.8) is 0 Å². The number of hydrogen-bond acceptors (Lipinski definition) is 6. The molecule has 0 saturated heterocycles. The van der Waals surface area contributed by atoms with E-state index in [0.29, 0.717) is 15.0 Å². The highest BCUT2D eigenvalue weighted by molar-refractivity contribution is 8.01. The summed E-state index contributed by atoms with van der Waals surface area (Å²) < 4.78 is 14.4. The second-order valence-electron chi connectivity index (χ2n) is 6.45. The number of thioether (sulfide) groups is 1. The van der Waals surface area contributed by atoms with Crippen LogP contribution in [0.15, 0.2) is 46.8 Å². The van der Waals surface area contributed by atoms with E-state index >= 15 is 0 Å². The number of nitrogens with zero attached hydrogens (tertiary/aromatic N) is 3. The summed E-state index contributed by atoms with van der Waals surface area (Å²) in [5, 5.41) is 12.2. The lowest BCUT2D eigenvalue weighted by atomic mass is 10.1. The lowest BCUT2D eigenvalue weighted by Gasteiger charge is -2.17. The Kier molecular flexibility index (Phi) is 6.64. The summed E-state index contributed by atoms with van der Waals surface area (Å²) in [5.41, 5.74) is 3.82. The summed E-state index contributed by atoms with van der Waals surface area (Å²) in [4.78, 5) is 13.8. The zero-order chi connectivity index (χ0) is 20.1. The first kappa shape index (κ1) is 20.3. The molecule has 0 saturated carbocycles. The third-order valence-corrected chi connectivity index (χ3v) is 6.10. The van der Waals surface area contributed by atoms with Gasteiger partial charge in [-0.1, -0.05) is 59.0 Å². The molecule has 28 heavy (non-hydrogen) atoms. The summed E-state index contributed by atoms with van der Waals surface area (Å²) >= 11 is 2.73. The molecule has 0 unspecified atom stereocenters. The number of halogens is 1. The average Bonchev–Trinajstić information content (AvgIpc) is 3.11. The molecule has 0 aliphatic heterocycles. The molecule has 0 aliphatic rings. The van der Waals surface area contributed by atoms with Gasteiger partial charge >= 0.3 is 0 Å². The maximum atomic E-state index is 13.7. The number of hydrogen-bond donors (Lipinski definition) is 1. The topological polar surface area (TPSA) is 58.1 Å². The fourth-order valence-electron chi connectivity index (χ4n) is 2.59. The van der Waals surface area contributed by atoms with E-state index in [9.17, 15) is 9.18 Å². The van der Waals surface area contributed by atoms with Crippen LogP contribution in [-0.4, -0.2) is 33.8 Å². The van der Waals surface area contributed by atoms with Crippen molar-refractivity contribution in [3.8, 4) is 0 Å². The zero-order valence-corrected chi connectivity index (χ0v) is 17.5. The van der Waals surface area contributed by atoms with Crippen LogP contribution >= 0.6 is 23.1 Å². The fourth-order valence-corrected chi connectivity index (χ4v) is 4.30. The van der Waals surface area contributed by atoms with Crippen LogP contribution in [0.4, 0.5) is 15.2 Å². The van der Waals surface area contributed by atoms with Gasteiger partial charge in [0.15, 0.2) is 4.34 Å². The van der Waals surface area contributed by atoms with Crippen molar-refractivity contribution in [2.75, 3.05) is 18.1 Å². The van der Waals surface area contributed by atoms with Crippen molar-refractivity contribution in [2.24, 2.45) is 0 Å². The second kappa shape index (κ2) is 9.16. The molecule has 8 heteroatoms. The molecule has 1 aromatic heterocycles. The molecule has 0 atom stereocenters. The summed E-state index contributed by atoms with van der Waals surface area (Å²) in [6, 6.07) is 12.6. The zero-order valence-electron chi connectivity index (χ0n) is 15.9. The van der Waals surface area contributed by atoms with Crippen LogP contribution in [0.5, 0.6) is 0 Å². The van der Waals surface area contributed by atoms with E-state index in [2.05, 4.69) is 28.5 Å². The van der Waals surface area contributed by atoms with E-state index in [1.165, 1.54) is 39.6 Å². The Balaban J connectivity index is 1.53. The van der Waals surface area contributed by atoms with Gasteiger partial charge in [-0.2, -0.15) is 0 Å². The first-order chi connectivity index (χ1) is 13.4. The summed E-state index contributed by atoms with van der Waals surface area (Å²) in [6.45, 7) is 4.33.